The number of fused-ring (bicyclic) bond motifs is 2. The Hall–Kier alpha value is -1.22. The van der Waals surface area contributed by atoms with Gasteiger partial charge in [0.1, 0.15) is 5.82 Å². The summed E-state index contributed by atoms with van der Waals surface area (Å²) >= 11 is 0. The number of Topliss-reactive ketones (excluding diaryl/α,β-unsaturated/α-hetero) is 1. The summed E-state index contributed by atoms with van der Waals surface area (Å²) in [6.07, 6.45) is 3.16. The minimum absolute atomic E-state index is 0.0502. The SMILES string of the molecule is Cc1ccc(F)cc1C(=O)C1CC2CCC1O2. The van der Waals surface area contributed by atoms with E-state index in [1.807, 2.05) is 6.92 Å². The monoisotopic (exact) mass is 234 g/mol. The van der Waals surface area contributed by atoms with Crippen molar-refractivity contribution < 1.29 is 13.9 Å². The molecule has 3 rings (SSSR count). The van der Waals surface area contributed by atoms with Gasteiger partial charge in [-0.3, -0.25) is 4.79 Å². The molecule has 2 saturated heterocycles. The summed E-state index contributed by atoms with van der Waals surface area (Å²) in [5, 5.41) is 0. The third-order valence-electron chi connectivity index (χ3n) is 3.91. The molecule has 0 amide bonds. The molecule has 2 fully saturated rings. The Morgan fingerprint density at radius 3 is 2.88 bits per heavy atom. The van der Waals surface area contributed by atoms with Gasteiger partial charge in [-0.2, -0.15) is 0 Å². The van der Waals surface area contributed by atoms with Gasteiger partial charge in [0, 0.05) is 5.56 Å². The maximum atomic E-state index is 13.2. The molecule has 17 heavy (non-hydrogen) atoms. The minimum Gasteiger partial charge on any atom is -0.374 e. The number of halogens is 1. The molecule has 0 aliphatic carbocycles. The Balaban J connectivity index is 1.89. The highest BCUT2D eigenvalue weighted by Gasteiger charge is 2.44. The Bertz CT molecular complexity index is 469. The highest BCUT2D eigenvalue weighted by atomic mass is 19.1. The second-order valence-corrected chi connectivity index (χ2v) is 5.04. The van der Waals surface area contributed by atoms with E-state index in [9.17, 15) is 9.18 Å². The standard InChI is InChI=1S/C14H15FO2/c1-8-2-3-9(15)6-11(8)14(16)12-7-10-4-5-13(12)17-10/h2-3,6,10,12-13H,4-5,7H2,1H3. The molecule has 1 aromatic rings. The first kappa shape index (κ1) is 10.9. The normalized spacial score (nSPS) is 30.8. The molecule has 2 bridgehead atoms. The van der Waals surface area contributed by atoms with E-state index < -0.39 is 0 Å². The second kappa shape index (κ2) is 3.91. The fraction of sp³-hybridized carbons (Fsp3) is 0.500. The maximum absolute atomic E-state index is 13.2. The zero-order chi connectivity index (χ0) is 12.0. The average molecular weight is 234 g/mol. The molecule has 0 aromatic heterocycles. The number of carbonyl (C=O) groups is 1. The average Bonchev–Trinajstić information content (AvgIpc) is 2.93. The van der Waals surface area contributed by atoms with Crippen molar-refractivity contribution in [2.24, 2.45) is 5.92 Å². The summed E-state index contributed by atoms with van der Waals surface area (Å²) in [5.41, 5.74) is 1.37. The van der Waals surface area contributed by atoms with Crippen LogP contribution in [0.4, 0.5) is 4.39 Å². The highest BCUT2D eigenvalue weighted by molar-refractivity contribution is 5.99. The fourth-order valence-electron chi connectivity index (χ4n) is 2.97. The van der Waals surface area contributed by atoms with Crippen LogP contribution in [0.25, 0.3) is 0 Å². The van der Waals surface area contributed by atoms with Crippen molar-refractivity contribution in [3.05, 3.63) is 35.1 Å². The van der Waals surface area contributed by atoms with Crippen molar-refractivity contribution in [2.75, 3.05) is 0 Å². The van der Waals surface area contributed by atoms with Crippen LogP contribution < -0.4 is 0 Å². The molecule has 2 aliphatic heterocycles. The van der Waals surface area contributed by atoms with Crippen LogP contribution in [0.3, 0.4) is 0 Å². The lowest BCUT2D eigenvalue weighted by atomic mass is 9.83. The number of benzene rings is 1. The van der Waals surface area contributed by atoms with Crippen LogP contribution in [-0.4, -0.2) is 18.0 Å². The number of hydrogen-bond donors (Lipinski definition) is 0. The predicted octanol–water partition coefficient (Wildman–Crippen LogP) is 2.88. The zero-order valence-corrected chi connectivity index (χ0v) is 9.78. The number of carbonyl (C=O) groups excluding carboxylic acids is 1. The first-order chi connectivity index (χ1) is 8.15. The molecule has 3 atom stereocenters. The van der Waals surface area contributed by atoms with Crippen LogP contribution >= 0.6 is 0 Å². The van der Waals surface area contributed by atoms with Crippen LogP contribution in [0.15, 0.2) is 18.2 Å². The van der Waals surface area contributed by atoms with Gasteiger partial charge in [0.05, 0.1) is 18.1 Å². The molecule has 2 nitrogen and oxygen atoms in total. The Labute approximate surface area is 99.8 Å². The molecule has 3 heteroatoms. The predicted molar refractivity (Wildman–Crippen MR) is 61.5 cm³/mol. The molecular formula is C14H15FO2. The molecule has 0 spiro atoms. The number of ketones is 1. The van der Waals surface area contributed by atoms with Gasteiger partial charge < -0.3 is 4.74 Å². The number of rotatable bonds is 2. The molecule has 0 radical (unpaired) electrons. The summed E-state index contributed by atoms with van der Waals surface area (Å²) in [7, 11) is 0. The summed E-state index contributed by atoms with van der Waals surface area (Å²) in [5.74, 6) is -0.355. The maximum Gasteiger partial charge on any atom is 0.169 e. The summed E-state index contributed by atoms with van der Waals surface area (Å²) in [4.78, 5) is 12.4. The highest BCUT2D eigenvalue weighted by Crippen LogP contribution is 2.40. The Morgan fingerprint density at radius 2 is 2.24 bits per heavy atom. The third kappa shape index (κ3) is 1.78. The van der Waals surface area contributed by atoms with Gasteiger partial charge in [-0.15, -0.1) is 0 Å². The third-order valence-corrected chi connectivity index (χ3v) is 3.91. The van der Waals surface area contributed by atoms with Crippen LogP contribution in [0.2, 0.25) is 0 Å². The van der Waals surface area contributed by atoms with E-state index >= 15 is 0 Å². The van der Waals surface area contributed by atoms with Gasteiger partial charge in [0.25, 0.3) is 0 Å². The van der Waals surface area contributed by atoms with E-state index in [4.69, 9.17) is 4.74 Å². The summed E-state index contributed by atoms with van der Waals surface area (Å²) in [6.45, 7) is 1.85. The molecule has 2 aliphatic rings. The van der Waals surface area contributed by atoms with Crippen LogP contribution in [-0.2, 0) is 4.74 Å². The minimum atomic E-state index is -0.344. The Kier molecular flexibility index (Phi) is 2.51. The Morgan fingerprint density at radius 1 is 1.41 bits per heavy atom. The lowest BCUT2D eigenvalue weighted by molar-refractivity contribution is 0.0742. The van der Waals surface area contributed by atoms with Crippen LogP contribution in [0.1, 0.15) is 35.2 Å². The van der Waals surface area contributed by atoms with E-state index in [1.54, 1.807) is 6.07 Å². The van der Waals surface area contributed by atoms with E-state index in [0.29, 0.717) is 5.56 Å². The lowest BCUT2D eigenvalue weighted by Crippen LogP contribution is -2.26. The van der Waals surface area contributed by atoms with Crippen molar-refractivity contribution >= 4 is 5.78 Å². The van der Waals surface area contributed by atoms with Crippen molar-refractivity contribution in [2.45, 2.75) is 38.4 Å². The largest absolute Gasteiger partial charge is 0.374 e. The van der Waals surface area contributed by atoms with E-state index in [1.165, 1.54) is 12.1 Å². The quantitative estimate of drug-likeness (QED) is 0.735. The lowest BCUT2D eigenvalue weighted by Gasteiger charge is -2.18. The van der Waals surface area contributed by atoms with Crippen LogP contribution in [0, 0.1) is 18.7 Å². The molecule has 3 unspecified atom stereocenters. The molecular weight excluding hydrogens is 219 g/mol. The number of aryl methyl sites for hydroxylation is 1. The molecule has 2 heterocycles. The van der Waals surface area contributed by atoms with Crippen molar-refractivity contribution in [1.82, 2.24) is 0 Å². The molecule has 1 aromatic carbocycles. The second-order valence-electron chi connectivity index (χ2n) is 5.04. The topological polar surface area (TPSA) is 26.3 Å². The first-order valence-corrected chi connectivity index (χ1v) is 6.11. The summed E-state index contributed by atoms with van der Waals surface area (Å²) < 4.78 is 18.9. The first-order valence-electron chi connectivity index (χ1n) is 6.11. The van der Waals surface area contributed by atoms with Gasteiger partial charge in [-0.05, 0) is 43.9 Å². The van der Waals surface area contributed by atoms with Crippen LogP contribution in [0.5, 0.6) is 0 Å². The molecule has 0 N–H and O–H groups in total. The van der Waals surface area contributed by atoms with E-state index in [0.717, 1.165) is 24.8 Å². The smallest absolute Gasteiger partial charge is 0.169 e. The van der Waals surface area contributed by atoms with E-state index in [-0.39, 0.29) is 29.7 Å². The van der Waals surface area contributed by atoms with Crippen molar-refractivity contribution in [1.29, 1.82) is 0 Å². The van der Waals surface area contributed by atoms with Crippen molar-refractivity contribution in [3.63, 3.8) is 0 Å². The van der Waals surface area contributed by atoms with Gasteiger partial charge in [0.2, 0.25) is 0 Å². The van der Waals surface area contributed by atoms with Gasteiger partial charge in [0.15, 0.2) is 5.78 Å². The fourth-order valence-corrected chi connectivity index (χ4v) is 2.97. The molecule has 0 saturated carbocycles. The van der Waals surface area contributed by atoms with Crippen molar-refractivity contribution in [3.8, 4) is 0 Å². The van der Waals surface area contributed by atoms with E-state index in [2.05, 4.69) is 0 Å². The van der Waals surface area contributed by atoms with Gasteiger partial charge in [-0.25, -0.2) is 4.39 Å². The van der Waals surface area contributed by atoms with Gasteiger partial charge >= 0.3 is 0 Å². The zero-order valence-electron chi connectivity index (χ0n) is 9.78. The van der Waals surface area contributed by atoms with Gasteiger partial charge in [-0.1, -0.05) is 6.07 Å². The summed E-state index contributed by atoms with van der Waals surface area (Å²) in [6, 6.07) is 4.41. The molecule has 90 valence electrons. The number of hydrogen-bond acceptors (Lipinski definition) is 2. The number of ether oxygens (including phenoxy) is 1.